The average Bonchev–Trinajstić information content (AvgIpc) is 3.00. The number of rotatable bonds is 6. The van der Waals surface area contributed by atoms with Crippen molar-refractivity contribution in [2.24, 2.45) is 5.92 Å². The molecule has 1 N–H and O–H groups in total. The molecule has 0 aromatic heterocycles. The summed E-state index contributed by atoms with van der Waals surface area (Å²) in [5.41, 5.74) is 3.89. The first kappa shape index (κ1) is 19.4. The molecular formula is C22H25ClN2O2. The number of nitrogens with zero attached hydrogens (tertiary/aromatic N) is 1. The van der Waals surface area contributed by atoms with Gasteiger partial charge in [-0.2, -0.15) is 0 Å². The second kappa shape index (κ2) is 8.57. The first-order valence-corrected chi connectivity index (χ1v) is 9.71. The molecule has 142 valence electrons. The van der Waals surface area contributed by atoms with E-state index in [-0.39, 0.29) is 24.2 Å². The molecule has 1 saturated heterocycles. The lowest BCUT2D eigenvalue weighted by atomic mass is 10.1. The van der Waals surface area contributed by atoms with Gasteiger partial charge in [0.05, 0.1) is 16.6 Å². The summed E-state index contributed by atoms with van der Waals surface area (Å²) in [6.45, 7) is 5.04. The molecule has 5 heteroatoms. The third kappa shape index (κ3) is 4.89. The molecule has 1 aliphatic rings. The van der Waals surface area contributed by atoms with Gasteiger partial charge in [0.2, 0.25) is 11.8 Å². The second-order valence-electron chi connectivity index (χ2n) is 7.26. The lowest BCUT2D eigenvalue weighted by Crippen LogP contribution is -2.29. The van der Waals surface area contributed by atoms with Crippen LogP contribution >= 0.6 is 11.6 Å². The Hall–Kier alpha value is -2.33. The Balaban J connectivity index is 1.54. The van der Waals surface area contributed by atoms with Crippen LogP contribution in [-0.4, -0.2) is 29.8 Å². The Morgan fingerprint density at radius 3 is 2.67 bits per heavy atom. The SMILES string of the molecule is Cc1cc(C)c(NC(=O)C2CC(=O)N(CCCc3ccccc3)C2)c(Cl)c1. The van der Waals surface area contributed by atoms with E-state index < -0.39 is 0 Å². The molecule has 2 aromatic rings. The molecule has 4 nitrogen and oxygen atoms in total. The number of likely N-dealkylation sites (tertiary alicyclic amines) is 1. The maximum atomic E-state index is 12.6. The highest BCUT2D eigenvalue weighted by atomic mass is 35.5. The van der Waals surface area contributed by atoms with Crippen molar-refractivity contribution < 1.29 is 9.59 Å². The van der Waals surface area contributed by atoms with E-state index in [0.29, 0.717) is 23.8 Å². The highest BCUT2D eigenvalue weighted by Gasteiger charge is 2.34. The van der Waals surface area contributed by atoms with E-state index >= 15 is 0 Å². The van der Waals surface area contributed by atoms with Gasteiger partial charge in [0.1, 0.15) is 0 Å². The Morgan fingerprint density at radius 2 is 1.96 bits per heavy atom. The quantitative estimate of drug-likeness (QED) is 0.803. The van der Waals surface area contributed by atoms with E-state index in [2.05, 4.69) is 17.4 Å². The van der Waals surface area contributed by atoms with Gasteiger partial charge in [-0.15, -0.1) is 0 Å². The number of anilines is 1. The summed E-state index contributed by atoms with van der Waals surface area (Å²) in [5.74, 6) is -0.413. The predicted octanol–water partition coefficient (Wildman–Crippen LogP) is 4.38. The van der Waals surface area contributed by atoms with E-state index in [9.17, 15) is 9.59 Å². The van der Waals surface area contributed by atoms with Crippen LogP contribution in [0.3, 0.4) is 0 Å². The molecule has 0 radical (unpaired) electrons. The summed E-state index contributed by atoms with van der Waals surface area (Å²) < 4.78 is 0. The first-order valence-electron chi connectivity index (χ1n) is 9.33. The minimum Gasteiger partial charge on any atom is -0.342 e. The molecular weight excluding hydrogens is 360 g/mol. The van der Waals surface area contributed by atoms with Crippen LogP contribution in [0.25, 0.3) is 0 Å². The van der Waals surface area contributed by atoms with E-state index in [1.807, 2.05) is 44.2 Å². The van der Waals surface area contributed by atoms with Gasteiger partial charge < -0.3 is 10.2 Å². The number of hydrogen-bond donors (Lipinski definition) is 1. The number of amides is 2. The zero-order valence-electron chi connectivity index (χ0n) is 15.8. The van der Waals surface area contributed by atoms with Crippen molar-refractivity contribution >= 4 is 29.1 Å². The van der Waals surface area contributed by atoms with Gasteiger partial charge in [-0.25, -0.2) is 0 Å². The number of hydrogen-bond acceptors (Lipinski definition) is 2. The van der Waals surface area contributed by atoms with Crippen LogP contribution in [0.1, 0.15) is 29.5 Å². The smallest absolute Gasteiger partial charge is 0.229 e. The van der Waals surface area contributed by atoms with Crippen molar-refractivity contribution in [3.63, 3.8) is 0 Å². The van der Waals surface area contributed by atoms with Gasteiger partial charge in [0, 0.05) is 19.5 Å². The zero-order chi connectivity index (χ0) is 19.4. The Labute approximate surface area is 165 Å². The maximum absolute atomic E-state index is 12.6. The summed E-state index contributed by atoms with van der Waals surface area (Å²) >= 11 is 6.28. The molecule has 3 rings (SSSR count). The molecule has 1 fully saturated rings. The largest absolute Gasteiger partial charge is 0.342 e. The minimum absolute atomic E-state index is 0.0509. The van der Waals surface area contributed by atoms with Gasteiger partial charge >= 0.3 is 0 Å². The van der Waals surface area contributed by atoms with Crippen LogP contribution in [0.15, 0.2) is 42.5 Å². The summed E-state index contributed by atoms with van der Waals surface area (Å²) in [6.07, 6.45) is 2.09. The number of halogens is 1. The van der Waals surface area contributed by atoms with Crippen LogP contribution in [0.4, 0.5) is 5.69 Å². The van der Waals surface area contributed by atoms with Crippen LogP contribution < -0.4 is 5.32 Å². The summed E-state index contributed by atoms with van der Waals surface area (Å²) in [6, 6.07) is 14.0. The monoisotopic (exact) mass is 384 g/mol. The molecule has 1 unspecified atom stereocenters. The molecule has 0 bridgehead atoms. The molecule has 1 aliphatic heterocycles. The second-order valence-corrected chi connectivity index (χ2v) is 7.67. The number of carbonyl (C=O) groups is 2. The molecule has 0 saturated carbocycles. The van der Waals surface area contributed by atoms with Crippen LogP contribution in [-0.2, 0) is 16.0 Å². The number of aryl methyl sites for hydroxylation is 3. The fourth-order valence-electron chi connectivity index (χ4n) is 3.58. The fourth-order valence-corrected chi connectivity index (χ4v) is 3.95. The van der Waals surface area contributed by atoms with Gasteiger partial charge in [-0.1, -0.05) is 48.0 Å². The van der Waals surface area contributed by atoms with Gasteiger partial charge in [-0.05, 0) is 49.4 Å². The van der Waals surface area contributed by atoms with E-state index in [1.165, 1.54) is 5.56 Å². The van der Waals surface area contributed by atoms with Crippen molar-refractivity contribution in [1.29, 1.82) is 0 Å². The van der Waals surface area contributed by atoms with Gasteiger partial charge in [0.15, 0.2) is 0 Å². The number of benzene rings is 2. The number of nitrogens with one attached hydrogen (secondary N) is 1. The topological polar surface area (TPSA) is 49.4 Å². The zero-order valence-corrected chi connectivity index (χ0v) is 16.6. The van der Waals surface area contributed by atoms with Crippen LogP contribution in [0, 0.1) is 19.8 Å². The molecule has 27 heavy (non-hydrogen) atoms. The minimum atomic E-state index is -0.328. The molecule has 1 heterocycles. The van der Waals surface area contributed by atoms with E-state index in [1.54, 1.807) is 4.90 Å². The van der Waals surface area contributed by atoms with Crippen molar-refractivity contribution in [2.45, 2.75) is 33.1 Å². The van der Waals surface area contributed by atoms with E-state index in [4.69, 9.17) is 11.6 Å². The molecule has 0 aliphatic carbocycles. The Bertz CT molecular complexity index is 812. The summed E-state index contributed by atoms with van der Waals surface area (Å²) in [5, 5.41) is 3.45. The molecule has 2 amide bonds. The van der Waals surface area contributed by atoms with Crippen LogP contribution in [0.5, 0.6) is 0 Å². The standard InChI is InChI=1S/C22H25ClN2O2/c1-15-11-16(2)21(19(23)12-15)24-22(27)18-13-20(26)25(14-18)10-6-9-17-7-4-3-5-8-17/h3-5,7-8,11-12,18H,6,9-10,13-14H2,1-2H3,(H,24,27). The Kier molecular flexibility index (Phi) is 6.17. The average molecular weight is 385 g/mol. The van der Waals surface area contributed by atoms with Crippen LogP contribution in [0.2, 0.25) is 5.02 Å². The fraction of sp³-hybridized carbons (Fsp3) is 0.364. The molecule has 2 aromatic carbocycles. The first-order chi connectivity index (χ1) is 12.9. The third-order valence-corrected chi connectivity index (χ3v) is 5.30. The van der Waals surface area contributed by atoms with E-state index in [0.717, 1.165) is 24.0 Å². The molecule has 0 spiro atoms. The van der Waals surface area contributed by atoms with Crippen molar-refractivity contribution in [3.05, 3.63) is 64.2 Å². The van der Waals surface area contributed by atoms with Gasteiger partial charge in [0.25, 0.3) is 0 Å². The van der Waals surface area contributed by atoms with Crippen molar-refractivity contribution in [3.8, 4) is 0 Å². The highest BCUT2D eigenvalue weighted by molar-refractivity contribution is 6.34. The summed E-state index contributed by atoms with van der Waals surface area (Å²) in [7, 11) is 0. The van der Waals surface area contributed by atoms with Crippen molar-refractivity contribution in [2.75, 3.05) is 18.4 Å². The van der Waals surface area contributed by atoms with Crippen molar-refractivity contribution in [1.82, 2.24) is 4.90 Å². The summed E-state index contributed by atoms with van der Waals surface area (Å²) in [4.78, 5) is 26.7. The lowest BCUT2D eigenvalue weighted by molar-refractivity contribution is -0.128. The normalized spacial score (nSPS) is 16.6. The Morgan fingerprint density at radius 1 is 1.22 bits per heavy atom. The third-order valence-electron chi connectivity index (χ3n) is 5.00. The number of carbonyl (C=O) groups excluding carboxylic acids is 2. The molecule has 1 atom stereocenters. The lowest BCUT2D eigenvalue weighted by Gasteiger charge is -2.17. The van der Waals surface area contributed by atoms with Gasteiger partial charge in [-0.3, -0.25) is 9.59 Å². The predicted molar refractivity (Wildman–Crippen MR) is 109 cm³/mol. The maximum Gasteiger partial charge on any atom is 0.229 e. The highest BCUT2D eigenvalue weighted by Crippen LogP contribution is 2.29.